The third kappa shape index (κ3) is 5.24. The van der Waals surface area contributed by atoms with Crippen LogP contribution in [-0.4, -0.2) is 48.4 Å². The number of hydrogen-bond donors (Lipinski definition) is 1. The van der Waals surface area contributed by atoms with Gasteiger partial charge in [-0.25, -0.2) is 0 Å². The molecule has 0 radical (unpaired) electrons. The van der Waals surface area contributed by atoms with Crippen molar-refractivity contribution in [3.05, 3.63) is 77.8 Å². The van der Waals surface area contributed by atoms with Gasteiger partial charge in [0.2, 0.25) is 11.8 Å². The molecule has 1 saturated heterocycles. The number of rotatable bonds is 9. The summed E-state index contributed by atoms with van der Waals surface area (Å²) in [5.74, 6) is 2.27. The molecule has 3 heterocycles. The van der Waals surface area contributed by atoms with Crippen LogP contribution in [0, 0.1) is 5.92 Å². The van der Waals surface area contributed by atoms with Gasteiger partial charge in [0.25, 0.3) is 0 Å². The SMILES string of the molecule is CC(C)CC1(CCCCN2CCN(C3=COC(C4=CC=CCC4)=CO3)CC2)C(=O)Nc2ccccc21. The lowest BCUT2D eigenvalue weighted by molar-refractivity contribution is -0.121. The molecule has 36 heavy (non-hydrogen) atoms. The number of ether oxygens (including phenoxy) is 2. The third-order valence-electron chi connectivity index (χ3n) is 7.80. The van der Waals surface area contributed by atoms with Gasteiger partial charge in [0.05, 0.1) is 5.41 Å². The molecule has 4 aliphatic rings. The molecule has 0 aromatic heterocycles. The molecule has 1 aliphatic carbocycles. The van der Waals surface area contributed by atoms with Gasteiger partial charge >= 0.3 is 0 Å². The van der Waals surface area contributed by atoms with Crippen LogP contribution < -0.4 is 5.32 Å². The summed E-state index contributed by atoms with van der Waals surface area (Å²) in [5, 5.41) is 3.15. The van der Waals surface area contributed by atoms with Crippen molar-refractivity contribution >= 4 is 11.6 Å². The van der Waals surface area contributed by atoms with Gasteiger partial charge in [-0.3, -0.25) is 9.69 Å². The molecule has 1 unspecified atom stereocenters. The molecule has 1 aromatic rings. The molecule has 1 amide bonds. The van der Waals surface area contributed by atoms with E-state index in [-0.39, 0.29) is 11.3 Å². The van der Waals surface area contributed by atoms with Crippen molar-refractivity contribution in [3.63, 3.8) is 0 Å². The molecule has 3 aliphatic heterocycles. The average Bonchev–Trinajstić information content (AvgIpc) is 3.18. The molecule has 0 spiro atoms. The van der Waals surface area contributed by atoms with Crippen molar-refractivity contribution in [2.24, 2.45) is 5.92 Å². The molecule has 6 heteroatoms. The molecule has 1 atom stereocenters. The molecule has 1 N–H and O–H groups in total. The maximum atomic E-state index is 13.1. The van der Waals surface area contributed by atoms with Crippen LogP contribution in [0.4, 0.5) is 5.69 Å². The van der Waals surface area contributed by atoms with Crippen LogP contribution in [0.5, 0.6) is 0 Å². The lowest BCUT2D eigenvalue weighted by Gasteiger charge is -2.37. The summed E-state index contributed by atoms with van der Waals surface area (Å²) < 4.78 is 11.8. The predicted octanol–water partition coefficient (Wildman–Crippen LogP) is 5.67. The minimum atomic E-state index is -0.384. The van der Waals surface area contributed by atoms with Crippen molar-refractivity contribution in [2.45, 2.75) is 57.8 Å². The summed E-state index contributed by atoms with van der Waals surface area (Å²) in [6.07, 6.45) is 15.8. The van der Waals surface area contributed by atoms with Crippen molar-refractivity contribution in [3.8, 4) is 0 Å². The van der Waals surface area contributed by atoms with Gasteiger partial charge in [-0.05, 0) is 61.8 Å². The fraction of sp³-hybridized carbons (Fsp3) is 0.500. The fourth-order valence-electron chi connectivity index (χ4n) is 5.97. The normalized spacial score (nSPS) is 23.9. The molecule has 5 rings (SSSR count). The Labute approximate surface area is 215 Å². The van der Waals surface area contributed by atoms with Crippen LogP contribution in [-0.2, 0) is 19.7 Å². The van der Waals surface area contributed by atoms with Crippen LogP contribution in [0.1, 0.15) is 57.9 Å². The second-order valence-corrected chi connectivity index (χ2v) is 10.8. The Morgan fingerprint density at radius 1 is 1.06 bits per heavy atom. The summed E-state index contributed by atoms with van der Waals surface area (Å²) >= 11 is 0. The highest BCUT2D eigenvalue weighted by molar-refractivity contribution is 6.06. The topological polar surface area (TPSA) is 54.0 Å². The molecular formula is C30H39N3O3. The van der Waals surface area contributed by atoms with Gasteiger partial charge in [0.15, 0.2) is 12.0 Å². The number of piperazine rings is 1. The highest BCUT2D eigenvalue weighted by atomic mass is 16.6. The Kier molecular flexibility index (Phi) is 7.51. The minimum absolute atomic E-state index is 0.183. The van der Waals surface area contributed by atoms with Gasteiger partial charge in [0, 0.05) is 31.9 Å². The van der Waals surface area contributed by atoms with E-state index in [0.717, 1.165) is 88.6 Å². The summed E-state index contributed by atoms with van der Waals surface area (Å²) in [5.41, 5.74) is 2.99. The Hall–Kier alpha value is -2.99. The first-order chi connectivity index (χ1) is 17.5. The first kappa shape index (κ1) is 24.7. The fourth-order valence-corrected chi connectivity index (χ4v) is 5.97. The van der Waals surface area contributed by atoms with E-state index in [4.69, 9.17) is 9.47 Å². The van der Waals surface area contributed by atoms with Gasteiger partial charge < -0.3 is 19.7 Å². The number of anilines is 1. The van der Waals surface area contributed by atoms with Crippen LogP contribution >= 0.6 is 0 Å². The first-order valence-electron chi connectivity index (χ1n) is 13.5. The predicted molar refractivity (Wildman–Crippen MR) is 143 cm³/mol. The lowest BCUT2D eigenvalue weighted by Crippen LogP contribution is -2.46. The number of nitrogens with zero attached hydrogens (tertiary/aromatic N) is 2. The van der Waals surface area contributed by atoms with E-state index in [1.54, 1.807) is 12.5 Å². The number of fused-ring (bicyclic) bond motifs is 1. The largest absolute Gasteiger partial charge is 0.456 e. The number of carbonyl (C=O) groups excluding carboxylic acids is 1. The zero-order valence-corrected chi connectivity index (χ0v) is 21.7. The molecule has 1 fully saturated rings. The summed E-state index contributed by atoms with van der Waals surface area (Å²) in [7, 11) is 0. The van der Waals surface area contributed by atoms with Crippen molar-refractivity contribution in [1.82, 2.24) is 9.80 Å². The first-order valence-corrected chi connectivity index (χ1v) is 13.5. The summed E-state index contributed by atoms with van der Waals surface area (Å²) in [4.78, 5) is 17.9. The van der Waals surface area contributed by atoms with Gasteiger partial charge in [0.1, 0.15) is 6.26 Å². The monoisotopic (exact) mass is 489 g/mol. The maximum Gasteiger partial charge on any atom is 0.235 e. The zero-order chi connectivity index (χ0) is 25.0. The highest BCUT2D eigenvalue weighted by Gasteiger charge is 2.46. The number of amides is 1. The summed E-state index contributed by atoms with van der Waals surface area (Å²) in [6.45, 7) is 9.37. The second kappa shape index (κ2) is 11.0. The van der Waals surface area contributed by atoms with Gasteiger partial charge in [-0.2, -0.15) is 0 Å². The molecule has 6 nitrogen and oxygen atoms in total. The minimum Gasteiger partial charge on any atom is -0.456 e. The molecular weight excluding hydrogens is 450 g/mol. The third-order valence-corrected chi connectivity index (χ3v) is 7.80. The summed E-state index contributed by atoms with van der Waals surface area (Å²) in [6, 6.07) is 8.24. The number of hydrogen-bond acceptors (Lipinski definition) is 5. The van der Waals surface area contributed by atoms with E-state index < -0.39 is 0 Å². The Morgan fingerprint density at radius 3 is 2.61 bits per heavy atom. The van der Waals surface area contributed by atoms with E-state index in [1.807, 2.05) is 12.1 Å². The lowest BCUT2D eigenvalue weighted by atomic mass is 9.72. The van der Waals surface area contributed by atoms with E-state index >= 15 is 0 Å². The zero-order valence-electron chi connectivity index (χ0n) is 21.7. The number of carbonyl (C=O) groups is 1. The standard InChI is InChI=1S/C30H39N3O3/c1-23(2)20-30(25-12-6-7-13-26(25)31-29(30)34)14-8-9-15-32-16-18-33(19-17-32)28-22-35-27(21-36-28)24-10-4-3-5-11-24/h3-4,6-7,10,12-13,21-23H,5,8-9,11,14-20H2,1-2H3,(H,31,34). The molecule has 192 valence electrons. The number of para-hydroxylation sites is 1. The van der Waals surface area contributed by atoms with E-state index in [9.17, 15) is 4.79 Å². The van der Waals surface area contributed by atoms with Gasteiger partial charge in [-0.15, -0.1) is 0 Å². The van der Waals surface area contributed by atoms with Crippen LogP contribution in [0.3, 0.4) is 0 Å². The Balaban J connectivity index is 1.08. The number of benzene rings is 1. The van der Waals surface area contributed by atoms with Crippen molar-refractivity contribution in [1.29, 1.82) is 0 Å². The van der Waals surface area contributed by atoms with Crippen LogP contribution in [0.25, 0.3) is 0 Å². The molecule has 0 bridgehead atoms. The smallest absolute Gasteiger partial charge is 0.235 e. The maximum absolute atomic E-state index is 13.1. The number of nitrogens with one attached hydrogen (secondary N) is 1. The van der Waals surface area contributed by atoms with Crippen LogP contribution in [0.2, 0.25) is 0 Å². The van der Waals surface area contributed by atoms with Gasteiger partial charge in [-0.1, -0.05) is 56.7 Å². The second-order valence-electron chi connectivity index (χ2n) is 10.8. The Bertz CT molecular complexity index is 1080. The van der Waals surface area contributed by atoms with E-state index in [2.05, 4.69) is 59.3 Å². The van der Waals surface area contributed by atoms with E-state index in [1.165, 1.54) is 11.1 Å². The number of unbranched alkanes of at least 4 members (excludes halogenated alkanes) is 1. The number of allylic oxidation sites excluding steroid dienone is 4. The van der Waals surface area contributed by atoms with Crippen molar-refractivity contribution < 1.29 is 14.3 Å². The molecule has 0 saturated carbocycles. The average molecular weight is 490 g/mol. The Morgan fingerprint density at radius 2 is 1.89 bits per heavy atom. The molecule has 1 aromatic carbocycles. The van der Waals surface area contributed by atoms with Crippen LogP contribution in [0.15, 0.2) is 72.2 Å². The highest BCUT2D eigenvalue weighted by Crippen LogP contribution is 2.45. The van der Waals surface area contributed by atoms with Crippen molar-refractivity contribution in [2.75, 3.05) is 38.0 Å². The van der Waals surface area contributed by atoms with E-state index in [0.29, 0.717) is 5.92 Å². The quantitative estimate of drug-likeness (QED) is 0.453.